The number of ether oxygens (including phenoxy) is 1. The average Bonchev–Trinajstić information content (AvgIpc) is 4.03. The normalized spacial score (nSPS) is 46.0. The molecule has 0 N–H and O–H groups in total. The summed E-state index contributed by atoms with van der Waals surface area (Å²) in [6, 6.07) is 21.1. The number of benzene rings is 2. The van der Waals surface area contributed by atoms with Crippen LogP contribution in [0.5, 0.6) is 11.5 Å². The van der Waals surface area contributed by atoms with Crippen LogP contribution in [0.4, 0.5) is 0 Å². The van der Waals surface area contributed by atoms with Gasteiger partial charge in [0.1, 0.15) is 11.5 Å². The first-order valence-electron chi connectivity index (χ1n) is 23.2. The van der Waals surface area contributed by atoms with E-state index >= 15 is 0 Å². The minimum absolute atomic E-state index is 0.0931. The third-order valence-corrected chi connectivity index (χ3v) is 23.8. The lowest BCUT2D eigenvalue weighted by Crippen LogP contribution is -2.40. The van der Waals surface area contributed by atoms with Gasteiger partial charge in [0, 0.05) is 75.5 Å². The molecule has 7 heteroatoms. The van der Waals surface area contributed by atoms with E-state index in [1.807, 2.05) is 0 Å². The van der Waals surface area contributed by atoms with Crippen molar-refractivity contribution in [2.24, 2.45) is 23.7 Å². The minimum atomic E-state index is -0.587. The van der Waals surface area contributed by atoms with Crippen molar-refractivity contribution in [3.8, 4) is 11.5 Å². The van der Waals surface area contributed by atoms with Crippen LogP contribution in [0, 0.1) is 23.7 Å². The Morgan fingerprint density at radius 1 is 0.444 bits per heavy atom. The van der Waals surface area contributed by atoms with Crippen LogP contribution in [-0.4, -0.2) is 67.0 Å². The van der Waals surface area contributed by atoms with Gasteiger partial charge in [0.05, 0.1) is 16.4 Å². The molecule has 0 bridgehead atoms. The van der Waals surface area contributed by atoms with Gasteiger partial charge in [-0.3, -0.25) is 18.7 Å². The van der Waals surface area contributed by atoms with Crippen LogP contribution < -0.4 is 15.3 Å². The molecule has 5 nitrogen and oxygen atoms in total. The fraction of sp³-hybridized carbons (Fsp3) is 0.745. The van der Waals surface area contributed by atoms with Gasteiger partial charge in [-0.2, -0.15) is 0 Å². The SMILES string of the molecule is CC1(C)c2cccc(P3N4C5CCCCC5CC4C4CC5CCCCC5N43)c2Oc2c(P3N4C5CCCCC5CC4C4CC5CCCCC5N43)cccc21. The van der Waals surface area contributed by atoms with E-state index < -0.39 is 16.4 Å². The largest absolute Gasteiger partial charge is 0.455 e. The molecule has 2 aromatic carbocycles. The predicted molar refractivity (Wildman–Crippen MR) is 222 cm³/mol. The number of fused-ring (bicyclic) bond motifs is 16. The third-order valence-electron chi connectivity index (χ3n) is 18.1. The number of nitrogens with zero attached hydrogens (tertiary/aromatic N) is 4. The Morgan fingerprint density at radius 2 is 0.759 bits per heavy atom. The maximum absolute atomic E-state index is 7.86. The standard InChI is InChI=1S/C47H64N4OP2/c1-47(2)33-17-11-23-43(53-48-35-19-7-3-13-29(35)25-39(48)40-26-30-14-4-8-20-36(30)49(40)53)45(33)52-46-34(47)18-12-24-44(46)54-50-37-21-9-5-15-31(37)27-41(50)42-28-32-16-6-10-22-38(32)51(42)54/h11-12,17-18,23-24,29-32,35-42H,3-10,13-16,19-22,25-28H2,1-2H3. The highest BCUT2D eigenvalue weighted by Crippen LogP contribution is 2.71. The Morgan fingerprint density at radius 3 is 1.09 bits per heavy atom. The first-order chi connectivity index (χ1) is 26.6. The molecule has 12 atom stereocenters. The van der Waals surface area contributed by atoms with Crippen LogP contribution in [-0.2, 0) is 5.41 Å². The van der Waals surface area contributed by atoms with Crippen LogP contribution in [0.2, 0.25) is 0 Å². The van der Waals surface area contributed by atoms with Crippen molar-refractivity contribution in [3.05, 3.63) is 47.5 Å². The molecule has 0 spiro atoms. The van der Waals surface area contributed by atoms with Gasteiger partial charge in [-0.15, -0.1) is 0 Å². The molecule has 7 aliphatic heterocycles. The summed E-state index contributed by atoms with van der Waals surface area (Å²) in [5, 5.41) is 3.16. The summed E-state index contributed by atoms with van der Waals surface area (Å²) in [6.07, 6.45) is 28.9. The molecule has 4 aliphatic carbocycles. The van der Waals surface area contributed by atoms with Crippen molar-refractivity contribution in [1.82, 2.24) is 18.7 Å². The quantitative estimate of drug-likeness (QED) is 0.284. The van der Waals surface area contributed by atoms with Crippen molar-refractivity contribution >= 4 is 27.1 Å². The van der Waals surface area contributed by atoms with Crippen molar-refractivity contribution < 1.29 is 4.74 Å². The molecule has 13 rings (SSSR count). The zero-order valence-corrected chi connectivity index (χ0v) is 34.9. The zero-order chi connectivity index (χ0) is 35.4. The molecule has 4 saturated carbocycles. The highest BCUT2D eigenvalue weighted by molar-refractivity contribution is 7.62. The number of rotatable bonds is 2. The number of para-hydroxylation sites is 2. The zero-order valence-electron chi connectivity index (χ0n) is 33.1. The van der Waals surface area contributed by atoms with E-state index in [4.69, 9.17) is 4.74 Å². The molecule has 54 heavy (non-hydrogen) atoms. The van der Waals surface area contributed by atoms with Crippen LogP contribution in [0.25, 0.3) is 0 Å². The van der Waals surface area contributed by atoms with Gasteiger partial charge in [-0.1, -0.05) is 89.5 Å². The molecule has 0 amide bonds. The minimum Gasteiger partial charge on any atom is -0.455 e. The summed E-state index contributed by atoms with van der Waals surface area (Å²) in [6.45, 7) is 5.09. The van der Waals surface area contributed by atoms with Gasteiger partial charge in [0.25, 0.3) is 0 Å². The summed E-state index contributed by atoms with van der Waals surface area (Å²) in [7, 11) is -1.17. The van der Waals surface area contributed by atoms with Crippen molar-refractivity contribution in [1.29, 1.82) is 0 Å². The Hall–Kier alpha value is -1.06. The van der Waals surface area contributed by atoms with Gasteiger partial charge in [-0.05, 0) is 113 Å². The molecule has 2 aromatic rings. The van der Waals surface area contributed by atoms with E-state index in [-0.39, 0.29) is 5.41 Å². The van der Waals surface area contributed by atoms with Crippen LogP contribution in [0.15, 0.2) is 36.4 Å². The summed E-state index contributed by atoms with van der Waals surface area (Å²) in [5.41, 5.74) is 2.80. The molecule has 6 saturated heterocycles. The summed E-state index contributed by atoms with van der Waals surface area (Å²) in [4.78, 5) is 0. The van der Waals surface area contributed by atoms with Crippen LogP contribution >= 0.6 is 16.4 Å². The first-order valence-corrected chi connectivity index (χ1v) is 25.7. The lowest BCUT2D eigenvalue weighted by atomic mass is 9.76. The highest BCUT2D eigenvalue weighted by Gasteiger charge is 2.65. The Bertz CT molecular complexity index is 1630. The van der Waals surface area contributed by atoms with Gasteiger partial charge in [-0.25, -0.2) is 0 Å². The molecule has 288 valence electrons. The van der Waals surface area contributed by atoms with Crippen molar-refractivity contribution in [2.45, 2.75) is 196 Å². The fourth-order valence-electron chi connectivity index (χ4n) is 15.9. The van der Waals surface area contributed by atoms with Gasteiger partial charge < -0.3 is 4.74 Å². The first kappa shape index (κ1) is 33.9. The summed E-state index contributed by atoms with van der Waals surface area (Å²) >= 11 is 0. The molecular formula is C47H64N4OP2. The Kier molecular flexibility index (Phi) is 7.82. The fourth-order valence-corrected chi connectivity index (χ4v) is 23.0. The van der Waals surface area contributed by atoms with Crippen molar-refractivity contribution in [3.63, 3.8) is 0 Å². The van der Waals surface area contributed by atoms with E-state index in [0.29, 0.717) is 0 Å². The van der Waals surface area contributed by atoms with E-state index in [1.54, 1.807) is 10.6 Å². The van der Waals surface area contributed by atoms with E-state index in [0.717, 1.165) is 72.0 Å². The topological polar surface area (TPSA) is 22.2 Å². The van der Waals surface area contributed by atoms with Gasteiger partial charge in [0.15, 0.2) is 0 Å². The molecule has 12 unspecified atom stereocenters. The second-order valence-corrected chi connectivity index (χ2v) is 24.8. The average molecular weight is 763 g/mol. The van der Waals surface area contributed by atoms with E-state index in [2.05, 4.69) is 68.9 Å². The third kappa shape index (κ3) is 4.56. The molecular weight excluding hydrogens is 698 g/mol. The Balaban J connectivity index is 0.953. The lowest BCUT2D eigenvalue weighted by Gasteiger charge is -2.44. The maximum atomic E-state index is 7.86. The maximum Gasteiger partial charge on any atom is 0.141 e. The predicted octanol–water partition coefficient (Wildman–Crippen LogP) is 10.6. The molecule has 10 fully saturated rings. The molecule has 0 radical (unpaired) electrons. The van der Waals surface area contributed by atoms with Crippen LogP contribution in [0.1, 0.15) is 153 Å². The van der Waals surface area contributed by atoms with Gasteiger partial charge >= 0.3 is 0 Å². The molecule has 7 heterocycles. The second kappa shape index (κ2) is 12.5. The van der Waals surface area contributed by atoms with Crippen LogP contribution in [0.3, 0.4) is 0 Å². The molecule has 11 aliphatic rings. The highest BCUT2D eigenvalue weighted by atomic mass is 31.1. The van der Waals surface area contributed by atoms with Crippen molar-refractivity contribution in [2.75, 3.05) is 0 Å². The molecule has 0 aromatic heterocycles. The van der Waals surface area contributed by atoms with E-state index in [1.165, 1.54) is 151 Å². The number of hydrogen-bond acceptors (Lipinski definition) is 5. The van der Waals surface area contributed by atoms with Gasteiger partial charge in [0.2, 0.25) is 0 Å². The summed E-state index contributed by atoms with van der Waals surface area (Å²) in [5.74, 6) is 6.23. The summed E-state index contributed by atoms with van der Waals surface area (Å²) < 4.78 is 20.7. The lowest BCUT2D eigenvalue weighted by molar-refractivity contribution is 0.250. The Labute approximate surface area is 328 Å². The van der Waals surface area contributed by atoms with E-state index in [9.17, 15) is 0 Å². The smallest absolute Gasteiger partial charge is 0.141 e. The monoisotopic (exact) mass is 762 g/mol. The number of hydrogen-bond donors (Lipinski definition) is 0. The second-order valence-electron chi connectivity index (χ2n) is 20.8.